The van der Waals surface area contributed by atoms with Crippen LogP contribution in [-0.2, 0) is 6.54 Å². The van der Waals surface area contributed by atoms with Crippen molar-refractivity contribution in [1.82, 2.24) is 0 Å². The van der Waals surface area contributed by atoms with Crippen molar-refractivity contribution < 1.29 is 4.74 Å². The smallest absolute Gasteiger partial charge is 0.142 e. The van der Waals surface area contributed by atoms with E-state index >= 15 is 0 Å². The van der Waals surface area contributed by atoms with Crippen LogP contribution in [0.3, 0.4) is 0 Å². The topological polar surface area (TPSA) is 45.0 Å². The predicted octanol–water partition coefficient (Wildman–Crippen LogP) is 3.57. The first-order valence-electron chi connectivity index (χ1n) is 6.28. The molecule has 19 heavy (non-hydrogen) atoms. The van der Waals surface area contributed by atoms with Gasteiger partial charge in [-0.25, -0.2) is 0 Å². The van der Waals surface area contributed by atoms with Gasteiger partial charge in [-0.1, -0.05) is 24.3 Å². The average Bonchev–Trinajstić information content (AvgIpc) is 2.47. The Morgan fingerprint density at radius 3 is 2.79 bits per heavy atom. The van der Waals surface area contributed by atoms with Crippen molar-refractivity contribution in [3.05, 3.63) is 59.7 Å². The van der Waals surface area contributed by atoms with Crippen LogP contribution in [0.4, 0.5) is 5.69 Å². The predicted molar refractivity (Wildman–Crippen MR) is 76.1 cm³/mol. The zero-order chi connectivity index (χ0) is 13.5. The highest BCUT2D eigenvalue weighted by Gasteiger charge is 2.02. The molecule has 96 valence electrons. The van der Waals surface area contributed by atoms with Crippen LogP contribution in [0, 0.1) is 11.3 Å². The maximum atomic E-state index is 8.87. The van der Waals surface area contributed by atoms with Gasteiger partial charge in [-0.2, -0.15) is 5.26 Å². The summed E-state index contributed by atoms with van der Waals surface area (Å²) in [5, 5.41) is 12.2. The summed E-state index contributed by atoms with van der Waals surface area (Å²) in [4.78, 5) is 0. The Kier molecular flexibility index (Phi) is 4.41. The standard InChI is InChI=1S/C16H16N2O/c1-2-19-16-9-4-3-8-15(16)18-12-14-7-5-6-13(10-14)11-17/h3-10,18H,2,12H2,1H3. The van der Waals surface area contributed by atoms with Gasteiger partial charge in [0, 0.05) is 6.54 Å². The van der Waals surface area contributed by atoms with E-state index in [1.807, 2.05) is 49.4 Å². The molecule has 0 heterocycles. The Morgan fingerprint density at radius 2 is 2.00 bits per heavy atom. The fourth-order valence-corrected chi connectivity index (χ4v) is 1.84. The third kappa shape index (κ3) is 3.49. The van der Waals surface area contributed by atoms with Crippen molar-refractivity contribution in [1.29, 1.82) is 5.26 Å². The molecule has 1 N–H and O–H groups in total. The number of nitriles is 1. The highest BCUT2D eigenvalue weighted by molar-refractivity contribution is 5.56. The number of nitrogens with zero attached hydrogens (tertiary/aromatic N) is 1. The van der Waals surface area contributed by atoms with Gasteiger partial charge in [0.2, 0.25) is 0 Å². The number of nitrogens with one attached hydrogen (secondary N) is 1. The van der Waals surface area contributed by atoms with E-state index in [1.54, 1.807) is 6.07 Å². The number of ether oxygens (including phenoxy) is 1. The second-order valence-corrected chi connectivity index (χ2v) is 4.09. The third-order valence-electron chi connectivity index (χ3n) is 2.73. The van der Waals surface area contributed by atoms with Crippen molar-refractivity contribution in [3.63, 3.8) is 0 Å². The summed E-state index contributed by atoms with van der Waals surface area (Å²) in [6.45, 7) is 3.27. The Balaban J connectivity index is 2.08. The summed E-state index contributed by atoms with van der Waals surface area (Å²) in [5.74, 6) is 0.849. The number of hydrogen-bond donors (Lipinski definition) is 1. The minimum atomic E-state index is 0.641. The Hall–Kier alpha value is -2.47. The molecule has 0 unspecified atom stereocenters. The van der Waals surface area contributed by atoms with Gasteiger partial charge >= 0.3 is 0 Å². The molecular weight excluding hydrogens is 236 g/mol. The molecule has 2 aromatic carbocycles. The molecule has 0 aliphatic rings. The van der Waals surface area contributed by atoms with E-state index in [2.05, 4.69) is 11.4 Å². The van der Waals surface area contributed by atoms with Gasteiger partial charge in [0.1, 0.15) is 5.75 Å². The zero-order valence-electron chi connectivity index (χ0n) is 10.9. The molecule has 3 nitrogen and oxygen atoms in total. The summed E-state index contributed by atoms with van der Waals surface area (Å²) in [6, 6.07) is 17.6. The lowest BCUT2D eigenvalue weighted by molar-refractivity contribution is 0.341. The minimum Gasteiger partial charge on any atom is -0.492 e. The molecule has 2 rings (SSSR count). The van der Waals surface area contributed by atoms with E-state index in [1.165, 1.54) is 0 Å². The van der Waals surface area contributed by atoms with Crippen LogP contribution in [0.2, 0.25) is 0 Å². The molecule has 0 aromatic heterocycles. The van der Waals surface area contributed by atoms with Crippen molar-refractivity contribution in [3.8, 4) is 11.8 Å². The van der Waals surface area contributed by atoms with E-state index in [4.69, 9.17) is 10.00 Å². The van der Waals surface area contributed by atoms with Crippen molar-refractivity contribution in [2.24, 2.45) is 0 Å². The SMILES string of the molecule is CCOc1ccccc1NCc1cccc(C#N)c1. The lowest BCUT2D eigenvalue weighted by Gasteiger charge is -2.12. The lowest BCUT2D eigenvalue weighted by Crippen LogP contribution is -2.02. The maximum absolute atomic E-state index is 8.87. The van der Waals surface area contributed by atoms with Gasteiger partial charge in [0.05, 0.1) is 23.9 Å². The number of para-hydroxylation sites is 2. The van der Waals surface area contributed by atoms with Crippen molar-refractivity contribution in [2.45, 2.75) is 13.5 Å². The fraction of sp³-hybridized carbons (Fsp3) is 0.188. The van der Waals surface area contributed by atoms with Gasteiger partial charge in [0.25, 0.3) is 0 Å². The van der Waals surface area contributed by atoms with E-state index in [0.29, 0.717) is 18.7 Å². The molecular formula is C16H16N2O. The van der Waals surface area contributed by atoms with E-state index in [9.17, 15) is 0 Å². The highest BCUT2D eigenvalue weighted by atomic mass is 16.5. The van der Waals surface area contributed by atoms with Crippen molar-refractivity contribution in [2.75, 3.05) is 11.9 Å². The summed E-state index contributed by atoms with van der Waals surface area (Å²) in [6.07, 6.45) is 0. The molecule has 0 atom stereocenters. The summed E-state index contributed by atoms with van der Waals surface area (Å²) in [7, 11) is 0. The Bertz CT molecular complexity index is 587. The molecule has 0 aliphatic heterocycles. The number of rotatable bonds is 5. The molecule has 0 spiro atoms. The monoisotopic (exact) mass is 252 g/mol. The second kappa shape index (κ2) is 6.46. The molecule has 3 heteroatoms. The maximum Gasteiger partial charge on any atom is 0.142 e. The minimum absolute atomic E-state index is 0.641. The molecule has 2 aromatic rings. The van der Waals surface area contributed by atoms with E-state index in [-0.39, 0.29) is 0 Å². The van der Waals surface area contributed by atoms with Crippen LogP contribution in [-0.4, -0.2) is 6.61 Å². The average molecular weight is 252 g/mol. The van der Waals surface area contributed by atoms with Crippen LogP contribution >= 0.6 is 0 Å². The molecule has 0 saturated carbocycles. The largest absolute Gasteiger partial charge is 0.492 e. The lowest BCUT2D eigenvalue weighted by atomic mass is 10.1. The van der Waals surface area contributed by atoms with Gasteiger partial charge in [0.15, 0.2) is 0 Å². The van der Waals surface area contributed by atoms with Gasteiger partial charge in [-0.05, 0) is 36.8 Å². The molecule has 0 bridgehead atoms. The fourth-order valence-electron chi connectivity index (χ4n) is 1.84. The summed E-state index contributed by atoms with van der Waals surface area (Å²) in [5.41, 5.74) is 2.72. The van der Waals surface area contributed by atoms with Gasteiger partial charge in [-0.15, -0.1) is 0 Å². The van der Waals surface area contributed by atoms with E-state index < -0.39 is 0 Å². The summed E-state index contributed by atoms with van der Waals surface area (Å²) >= 11 is 0. The van der Waals surface area contributed by atoms with Crippen LogP contribution < -0.4 is 10.1 Å². The molecule has 0 amide bonds. The van der Waals surface area contributed by atoms with Crippen LogP contribution in [0.1, 0.15) is 18.1 Å². The summed E-state index contributed by atoms with van der Waals surface area (Å²) < 4.78 is 5.56. The van der Waals surface area contributed by atoms with Crippen LogP contribution in [0.15, 0.2) is 48.5 Å². The number of benzene rings is 2. The van der Waals surface area contributed by atoms with Gasteiger partial charge < -0.3 is 10.1 Å². The van der Waals surface area contributed by atoms with Crippen molar-refractivity contribution >= 4 is 5.69 Å². The first-order valence-corrected chi connectivity index (χ1v) is 6.28. The first kappa shape index (κ1) is 13.0. The molecule has 0 saturated heterocycles. The highest BCUT2D eigenvalue weighted by Crippen LogP contribution is 2.24. The normalized spacial score (nSPS) is 9.68. The second-order valence-electron chi connectivity index (χ2n) is 4.09. The van der Waals surface area contributed by atoms with Gasteiger partial charge in [-0.3, -0.25) is 0 Å². The molecule has 0 aliphatic carbocycles. The zero-order valence-corrected chi connectivity index (χ0v) is 10.9. The molecule has 0 fully saturated rings. The number of hydrogen-bond acceptors (Lipinski definition) is 3. The first-order chi connectivity index (χ1) is 9.33. The Labute approximate surface area is 113 Å². The molecule has 0 radical (unpaired) electrons. The third-order valence-corrected chi connectivity index (χ3v) is 2.73. The number of anilines is 1. The Morgan fingerprint density at radius 1 is 1.16 bits per heavy atom. The quantitative estimate of drug-likeness (QED) is 0.884. The van der Waals surface area contributed by atoms with Crippen LogP contribution in [0.5, 0.6) is 5.75 Å². The van der Waals surface area contributed by atoms with Crippen LogP contribution in [0.25, 0.3) is 0 Å². The van der Waals surface area contributed by atoms with E-state index in [0.717, 1.165) is 17.0 Å².